The fraction of sp³-hybridized carbons (Fsp3) is 0.385. The quantitative estimate of drug-likeness (QED) is 0.531. The molecule has 7 heteroatoms. The molecule has 0 aliphatic carbocycles. The minimum Gasteiger partial charge on any atom is -0.360 e. The largest absolute Gasteiger partial charge is 0.360 e. The Hall–Kier alpha value is -1.24. The minimum atomic E-state index is -0.915. The average Bonchev–Trinajstić information content (AvgIpc) is 2.87. The van der Waals surface area contributed by atoms with Crippen molar-refractivity contribution in [3.8, 4) is 0 Å². The molecule has 0 aromatic heterocycles. The number of carbonyl (C=O) groups excluding carboxylic acids is 1. The van der Waals surface area contributed by atoms with Crippen molar-refractivity contribution in [3.63, 3.8) is 0 Å². The molecule has 1 atom stereocenters. The normalized spacial score (nSPS) is 17.4. The topological polar surface area (TPSA) is 80.5 Å². The van der Waals surface area contributed by atoms with Crippen LogP contribution in [0.3, 0.4) is 0 Å². The fourth-order valence-corrected chi connectivity index (χ4v) is 3.27. The number of benzene rings is 1. The molecule has 0 bridgehead atoms. The molecule has 1 aliphatic heterocycles. The summed E-state index contributed by atoms with van der Waals surface area (Å²) >= 11 is 5.22. The molecule has 108 valence electrons. The van der Waals surface area contributed by atoms with E-state index in [9.17, 15) is 9.35 Å². The first-order chi connectivity index (χ1) is 9.49. The van der Waals surface area contributed by atoms with Crippen LogP contribution in [-0.2, 0) is 16.0 Å². The van der Waals surface area contributed by atoms with Crippen LogP contribution >= 0.6 is 11.6 Å². The van der Waals surface area contributed by atoms with E-state index in [1.54, 1.807) is 24.5 Å². The zero-order chi connectivity index (χ0) is 14.7. The number of halogens is 1. The summed E-state index contributed by atoms with van der Waals surface area (Å²) in [6.07, 6.45) is 3.87. The van der Waals surface area contributed by atoms with Crippen LogP contribution in [0.25, 0.3) is 0 Å². The summed E-state index contributed by atoms with van der Waals surface area (Å²) in [5.74, 6) is -0.528. The second-order valence-electron chi connectivity index (χ2n) is 4.67. The van der Waals surface area contributed by atoms with Crippen molar-refractivity contribution in [2.75, 3.05) is 19.3 Å². The van der Waals surface area contributed by atoms with Gasteiger partial charge >= 0.3 is 5.91 Å². The van der Waals surface area contributed by atoms with Crippen LogP contribution in [0.15, 0.2) is 23.1 Å². The van der Waals surface area contributed by atoms with E-state index in [0.29, 0.717) is 21.2 Å². The molecule has 1 aromatic rings. The van der Waals surface area contributed by atoms with Gasteiger partial charge in [-0.3, -0.25) is 4.79 Å². The molecule has 5 nitrogen and oxygen atoms in total. The summed E-state index contributed by atoms with van der Waals surface area (Å²) < 4.78 is 9.59. The van der Waals surface area contributed by atoms with Gasteiger partial charge in [0.1, 0.15) is 6.26 Å². The summed E-state index contributed by atoms with van der Waals surface area (Å²) in [7, 11) is 0. The molecule has 1 fully saturated rings. The van der Waals surface area contributed by atoms with Gasteiger partial charge in [-0.25, -0.2) is 0 Å². The van der Waals surface area contributed by atoms with Gasteiger partial charge < -0.3 is 5.73 Å². The van der Waals surface area contributed by atoms with E-state index in [1.807, 2.05) is 5.01 Å². The second-order valence-corrected chi connectivity index (χ2v) is 6.47. The molecule has 1 aliphatic rings. The predicted molar refractivity (Wildman–Crippen MR) is 80.7 cm³/mol. The van der Waals surface area contributed by atoms with Crippen LogP contribution in [0.1, 0.15) is 18.4 Å². The monoisotopic (exact) mass is 315 g/mol. The first kappa shape index (κ1) is 15.2. The van der Waals surface area contributed by atoms with Gasteiger partial charge in [0.25, 0.3) is 5.71 Å². The van der Waals surface area contributed by atoms with Crippen molar-refractivity contribution in [1.29, 1.82) is 0 Å². The van der Waals surface area contributed by atoms with Crippen LogP contribution in [0.5, 0.6) is 0 Å². The minimum absolute atomic E-state index is 0.328. The number of hydrogen-bond acceptors (Lipinski definition) is 3. The molecule has 1 amide bonds. The number of rotatable bonds is 4. The third-order valence-electron chi connectivity index (χ3n) is 3.16. The number of nitrogens with one attached hydrogen (secondary N) is 1. The Kier molecular flexibility index (Phi) is 4.91. The lowest BCUT2D eigenvalue weighted by molar-refractivity contribution is -0.639. The van der Waals surface area contributed by atoms with E-state index in [1.165, 1.54) is 0 Å². The number of hydrazine groups is 1. The molecule has 1 aromatic carbocycles. The first-order valence-electron chi connectivity index (χ1n) is 6.32. The smallest absolute Gasteiger partial charge is 0.316 e. The van der Waals surface area contributed by atoms with Crippen molar-refractivity contribution >= 4 is 34.4 Å². The second kappa shape index (κ2) is 6.47. The highest BCUT2D eigenvalue weighted by Gasteiger charge is 2.25. The lowest BCUT2D eigenvalue weighted by Gasteiger charge is -2.06. The Bertz CT molecular complexity index is 542. The van der Waals surface area contributed by atoms with E-state index < -0.39 is 17.1 Å². The van der Waals surface area contributed by atoms with Crippen molar-refractivity contribution in [2.45, 2.75) is 17.7 Å². The predicted octanol–water partition coefficient (Wildman–Crippen LogP) is -0.214. The van der Waals surface area contributed by atoms with Crippen molar-refractivity contribution in [1.82, 2.24) is 5.01 Å². The number of nitrogens with zero attached hydrogens (tertiary/aromatic N) is 1. The summed E-state index contributed by atoms with van der Waals surface area (Å²) in [4.78, 5) is 12.3. The summed E-state index contributed by atoms with van der Waals surface area (Å²) in [5, 5.41) is 5.46. The maximum Gasteiger partial charge on any atom is 0.316 e. The molecule has 0 saturated carbocycles. The zero-order valence-electron chi connectivity index (χ0n) is 11.2. The van der Waals surface area contributed by atoms with Gasteiger partial charge in [-0.15, -0.1) is 5.10 Å². The molecule has 4 N–H and O–H groups in total. The lowest BCUT2D eigenvalue weighted by Crippen LogP contribution is -2.85. The molecule has 20 heavy (non-hydrogen) atoms. The highest BCUT2D eigenvalue weighted by molar-refractivity contribution is 7.90. The van der Waals surface area contributed by atoms with Crippen molar-refractivity contribution in [2.24, 2.45) is 5.73 Å². The van der Waals surface area contributed by atoms with Gasteiger partial charge in [0.2, 0.25) is 4.90 Å². The van der Waals surface area contributed by atoms with Gasteiger partial charge in [-0.05, 0) is 31.0 Å². The Labute approximate surface area is 126 Å². The SMILES string of the molecule is C[S+](O)c1ccc(C(=[NH+]N2CCCC2)C(N)=O)cc1Cl. The van der Waals surface area contributed by atoms with Crippen LogP contribution in [0.4, 0.5) is 0 Å². The first-order valence-corrected chi connectivity index (χ1v) is 8.29. The summed E-state index contributed by atoms with van der Waals surface area (Å²) in [5.41, 5.74) is 6.40. The van der Waals surface area contributed by atoms with E-state index >= 15 is 0 Å². The maximum atomic E-state index is 11.6. The van der Waals surface area contributed by atoms with E-state index in [4.69, 9.17) is 17.3 Å². The zero-order valence-corrected chi connectivity index (χ0v) is 12.8. The lowest BCUT2D eigenvalue weighted by atomic mass is 10.1. The Morgan fingerprint density at radius 2 is 2.10 bits per heavy atom. The van der Waals surface area contributed by atoms with E-state index in [-0.39, 0.29) is 0 Å². The van der Waals surface area contributed by atoms with Crippen LogP contribution < -0.4 is 10.8 Å². The number of nitrogens with two attached hydrogens (primary N) is 1. The third-order valence-corrected chi connectivity index (χ3v) is 4.58. The fourth-order valence-electron chi connectivity index (χ4n) is 2.14. The van der Waals surface area contributed by atoms with Gasteiger partial charge in [0.15, 0.2) is 11.2 Å². The third kappa shape index (κ3) is 3.45. The van der Waals surface area contributed by atoms with Crippen LogP contribution in [-0.4, -0.2) is 40.5 Å². The Morgan fingerprint density at radius 1 is 1.45 bits per heavy atom. The Morgan fingerprint density at radius 3 is 2.60 bits per heavy atom. The summed E-state index contributed by atoms with van der Waals surface area (Å²) in [6, 6.07) is 5.11. The molecular formula is C13H18ClN3O2S+2. The van der Waals surface area contributed by atoms with Crippen LogP contribution in [0, 0.1) is 0 Å². The van der Waals surface area contributed by atoms with Gasteiger partial charge in [-0.1, -0.05) is 11.6 Å². The number of hydrogen-bond donors (Lipinski definition) is 3. The number of carbonyl (C=O) groups is 1. The average molecular weight is 316 g/mol. The molecule has 0 radical (unpaired) electrons. The molecule has 1 saturated heterocycles. The number of amides is 1. The molecular weight excluding hydrogens is 298 g/mol. The van der Waals surface area contributed by atoms with Crippen molar-refractivity contribution in [3.05, 3.63) is 28.8 Å². The van der Waals surface area contributed by atoms with Gasteiger partial charge in [-0.2, -0.15) is 9.56 Å². The number of primary amides is 1. The van der Waals surface area contributed by atoms with E-state index in [0.717, 1.165) is 25.9 Å². The molecule has 1 heterocycles. The van der Waals surface area contributed by atoms with Gasteiger partial charge in [0.05, 0.1) is 23.7 Å². The number of hydrazone groups is 1. The highest BCUT2D eigenvalue weighted by atomic mass is 35.5. The standard InChI is InChI=1S/C13H16ClN3O2S/c1-20(19)11-5-4-9(8-10(11)14)12(13(15)18)16-17-6-2-3-7-17/h4-5,8,19H,2-3,6-7H2,1H3,(H-,15,18)/p+2. The van der Waals surface area contributed by atoms with Crippen molar-refractivity contribution < 1.29 is 14.4 Å². The van der Waals surface area contributed by atoms with Crippen LogP contribution in [0.2, 0.25) is 5.02 Å². The summed E-state index contributed by atoms with van der Waals surface area (Å²) in [6.45, 7) is 1.77. The van der Waals surface area contributed by atoms with Gasteiger partial charge in [0, 0.05) is 0 Å². The Balaban J connectivity index is 2.34. The maximum absolute atomic E-state index is 11.6. The molecule has 1 unspecified atom stereocenters. The molecule has 0 spiro atoms. The highest BCUT2D eigenvalue weighted by Crippen LogP contribution is 2.22. The molecule has 2 rings (SSSR count). The van der Waals surface area contributed by atoms with E-state index in [2.05, 4.69) is 5.10 Å².